The lowest BCUT2D eigenvalue weighted by atomic mass is 9.91. The van der Waals surface area contributed by atoms with Gasteiger partial charge in [0.2, 0.25) is 0 Å². The maximum atomic E-state index is 6.16. The van der Waals surface area contributed by atoms with Crippen molar-refractivity contribution in [1.29, 1.82) is 0 Å². The van der Waals surface area contributed by atoms with E-state index in [1.165, 1.54) is 22.3 Å². The van der Waals surface area contributed by atoms with E-state index in [1.54, 1.807) is 7.11 Å². The average molecular weight is 437 g/mol. The SMILES string of the molecule is CCc1cccc(CC)c1-c1nc(C)c(CN(C)Cc2cccc(Cl)c2)c(OC)c1C. The van der Waals surface area contributed by atoms with E-state index in [-0.39, 0.29) is 0 Å². The fraction of sp³-hybridized carbons (Fsp3) is 0.370. The Labute approximate surface area is 192 Å². The van der Waals surface area contributed by atoms with E-state index in [9.17, 15) is 0 Å². The molecule has 0 saturated carbocycles. The topological polar surface area (TPSA) is 25.4 Å². The number of methoxy groups -OCH3 is 1. The molecule has 4 heteroatoms. The molecule has 0 fully saturated rings. The van der Waals surface area contributed by atoms with Gasteiger partial charge in [0.25, 0.3) is 0 Å². The molecule has 0 spiro atoms. The highest BCUT2D eigenvalue weighted by Gasteiger charge is 2.21. The average Bonchev–Trinajstić information content (AvgIpc) is 2.75. The number of rotatable bonds is 8. The van der Waals surface area contributed by atoms with Gasteiger partial charge < -0.3 is 4.74 Å². The van der Waals surface area contributed by atoms with Crippen molar-refractivity contribution in [3.05, 3.63) is 81.0 Å². The first-order valence-corrected chi connectivity index (χ1v) is 11.4. The predicted molar refractivity (Wildman–Crippen MR) is 131 cm³/mol. The normalized spacial score (nSPS) is 11.2. The Balaban J connectivity index is 2.01. The third-order valence-electron chi connectivity index (χ3n) is 5.90. The highest BCUT2D eigenvalue weighted by Crippen LogP contribution is 2.37. The van der Waals surface area contributed by atoms with Crippen molar-refractivity contribution in [1.82, 2.24) is 9.88 Å². The monoisotopic (exact) mass is 436 g/mol. The first-order valence-electron chi connectivity index (χ1n) is 11.0. The van der Waals surface area contributed by atoms with Gasteiger partial charge in [-0.15, -0.1) is 0 Å². The van der Waals surface area contributed by atoms with Crippen LogP contribution in [0, 0.1) is 13.8 Å². The molecule has 0 amide bonds. The summed E-state index contributed by atoms with van der Waals surface area (Å²) in [5.41, 5.74) is 9.44. The third-order valence-corrected chi connectivity index (χ3v) is 6.13. The van der Waals surface area contributed by atoms with Gasteiger partial charge in [-0.05, 0) is 62.6 Å². The zero-order valence-corrected chi connectivity index (χ0v) is 20.3. The van der Waals surface area contributed by atoms with Crippen LogP contribution in [0.1, 0.15) is 47.4 Å². The van der Waals surface area contributed by atoms with E-state index in [0.717, 1.165) is 59.2 Å². The van der Waals surface area contributed by atoms with Crippen LogP contribution >= 0.6 is 11.6 Å². The van der Waals surface area contributed by atoms with Crippen LogP contribution < -0.4 is 4.74 Å². The van der Waals surface area contributed by atoms with E-state index in [0.29, 0.717) is 0 Å². The lowest BCUT2D eigenvalue weighted by Crippen LogP contribution is -2.19. The van der Waals surface area contributed by atoms with Gasteiger partial charge in [0, 0.05) is 40.5 Å². The Morgan fingerprint density at radius 1 is 0.968 bits per heavy atom. The summed E-state index contributed by atoms with van der Waals surface area (Å²) in [5.74, 6) is 0.938. The molecule has 0 bridgehead atoms. The first-order chi connectivity index (χ1) is 14.9. The molecule has 0 aliphatic heterocycles. The van der Waals surface area contributed by atoms with Gasteiger partial charge >= 0.3 is 0 Å². The summed E-state index contributed by atoms with van der Waals surface area (Å²) in [5, 5.41) is 0.767. The number of ether oxygens (including phenoxy) is 1. The lowest BCUT2D eigenvalue weighted by Gasteiger charge is -2.23. The summed E-state index contributed by atoms with van der Waals surface area (Å²) in [4.78, 5) is 7.39. The van der Waals surface area contributed by atoms with Crippen LogP contribution in [0.2, 0.25) is 5.02 Å². The number of aromatic nitrogens is 1. The molecule has 1 aromatic heterocycles. The molecule has 0 atom stereocenters. The van der Waals surface area contributed by atoms with Crippen molar-refractivity contribution in [2.75, 3.05) is 14.2 Å². The van der Waals surface area contributed by atoms with Crippen LogP contribution in [-0.4, -0.2) is 24.0 Å². The fourth-order valence-electron chi connectivity index (χ4n) is 4.34. The Kier molecular flexibility index (Phi) is 7.74. The summed E-state index contributed by atoms with van der Waals surface area (Å²) >= 11 is 6.16. The van der Waals surface area contributed by atoms with Crippen LogP contribution in [0.5, 0.6) is 5.75 Å². The smallest absolute Gasteiger partial charge is 0.130 e. The summed E-state index contributed by atoms with van der Waals surface area (Å²) < 4.78 is 5.95. The van der Waals surface area contributed by atoms with Crippen molar-refractivity contribution in [2.45, 2.75) is 53.6 Å². The van der Waals surface area contributed by atoms with Gasteiger partial charge in [-0.2, -0.15) is 0 Å². The molecule has 1 heterocycles. The zero-order chi connectivity index (χ0) is 22.5. The van der Waals surface area contributed by atoms with Crippen LogP contribution in [0.3, 0.4) is 0 Å². The molecule has 0 radical (unpaired) electrons. The van der Waals surface area contributed by atoms with E-state index in [4.69, 9.17) is 21.3 Å². The third kappa shape index (κ3) is 5.11. The van der Waals surface area contributed by atoms with Crippen LogP contribution in [0.25, 0.3) is 11.3 Å². The van der Waals surface area contributed by atoms with E-state index >= 15 is 0 Å². The molecule has 0 saturated heterocycles. The Bertz CT molecular complexity index is 1040. The molecule has 3 rings (SSSR count). The fourth-order valence-corrected chi connectivity index (χ4v) is 4.56. The van der Waals surface area contributed by atoms with E-state index in [2.05, 4.69) is 63.9 Å². The predicted octanol–water partition coefficient (Wildman–Crippen LogP) is 6.78. The van der Waals surface area contributed by atoms with Crippen LogP contribution in [0.15, 0.2) is 42.5 Å². The van der Waals surface area contributed by atoms with Gasteiger partial charge in [0.1, 0.15) is 5.75 Å². The second kappa shape index (κ2) is 10.3. The summed E-state index contributed by atoms with van der Waals surface area (Å²) in [7, 11) is 3.88. The largest absolute Gasteiger partial charge is 0.496 e. The van der Waals surface area contributed by atoms with Gasteiger partial charge in [0.05, 0.1) is 12.8 Å². The standard InChI is InChI=1S/C27H33ClN2O/c1-7-21-12-10-13-22(8-2)25(21)26-18(3)27(31-6)24(19(4)29-26)17-30(5)16-20-11-9-14-23(28)15-20/h9-15H,7-8,16-17H2,1-6H3. The molecular weight excluding hydrogens is 404 g/mol. The van der Waals surface area contributed by atoms with E-state index in [1.807, 2.05) is 18.2 Å². The molecule has 0 aliphatic carbocycles. The molecule has 3 aromatic rings. The Hall–Kier alpha value is -2.36. The van der Waals surface area contributed by atoms with Crippen molar-refractivity contribution in [3.8, 4) is 17.0 Å². The molecular formula is C27H33ClN2O. The highest BCUT2D eigenvalue weighted by molar-refractivity contribution is 6.30. The number of nitrogens with zero attached hydrogens (tertiary/aromatic N) is 2. The molecule has 31 heavy (non-hydrogen) atoms. The van der Waals surface area contributed by atoms with E-state index < -0.39 is 0 Å². The summed E-state index contributed by atoms with van der Waals surface area (Å²) in [6.45, 7) is 10.2. The zero-order valence-electron chi connectivity index (χ0n) is 19.6. The number of pyridine rings is 1. The lowest BCUT2D eigenvalue weighted by molar-refractivity contribution is 0.308. The van der Waals surface area contributed by atoms with Crippen molar-refractivity contribution >= 4 is 11.6 Å². The van der Waals surface area contributed by atoms with Crippen molar-refractivity contribution in [2.24, 2.45) is 0 Å². The Morgan fingerprint density at radius 2 is 1.61 bits per heavy atom. The van der Waals surface area contributed by atoms with Crippen molar-refractivity contribution < 1.29 is 4.74 Å². The maximum absolute atomic E-state index is 6.16. The minimum atomic E-state index is 0.756. The molecule has 3 nitrogen and oxygen atoms in total. The minimum absolute atomic E-state index is 0.756. The van der Waals surface area contributed by atoms with Crippen LogP contribution in [-0.2, 0) is 25.9 Å². The van der Waals surface area contributed by atoms with Crippen LogP contribution in [0.4, 0.5) is 0 Å². The summed E-state index contributed by atoms with van der Waals surface area (Å²) in [6.07, 6.45) is 1.96. The maximum Gasteiger partial charge on any atom is 0.130 e. The minimum Gasteiger partial charge on any atom is -0.496 e. The van der Waals surface area contributed by atoms with Gasteiger partial charge in [-0.3, -0.25) is 9.88 Å². The Morgan fingerprint density at radius 3 is 2.19 bits per heavy atom. The number of hydrogen-bond acceptors (Lipinski definition) is 3. The molecule has 0 N–H and O–H groups in total. The van der Waals surface area contributed by atoms with Gasteiger partial charge in [-0.25, -0.2) is 0 Å². The number of halogens is 1. The summed E-state index contributed by atoms with van der Waals surface area (Å²) in [6, 6.07) is 14.6. The quantitative estimate of drug-likeness (QED) is 0.389. The van der Waals surface area contributed by atoms with Crippen molar-refractivity contribution in [3.63, 3.8) is 0 Å². The second-order valence-corrected chi connectivity index (χ2v) is 8.58. The molecule has 0 unspecified atom stereocenters. The first kappa shape index (κ1) is 23.3. The molecule has 0 aliphatic rings. The number of aryl methyl sites for hydroxylation is 3. The number of hydrogen-bond donors (Lipinski definition) is 0. The molecule has 164 valence electrons. The number of benzene rings is 2. The van der Waals surface area contributed by atoms with Gasteiger partial charge in [-0.1, -0.05) is 55.8 Å². The molecule has 2 aromatic carbocycles. The second-order valence-electron chi connectivity index (χ2n) is 8.14. The van der Waals surface area contributed by atoms with Gasteiger partial charge in [0.15, 0.2) is 0 Å². The highest BCUT2D eigenvalue weighted by atomic mass is 35.5.